The highest BCUT2D eigenvalue weighted by Gasteiger charge is 2.15. The summed E-state index contributed by atoms with van der Waals surface area (Å²) in [7, 11) is -3.60. The maximum absolute atomic E-state index is 12.4. The molecule has 0 bridgehead atoms. The largest absolute Gasteiger partial charge is 0.346 e. The summed E-state index contributed by atoms with van der Waals surface area (Å²) in [5, 5.41) is 0.394. The SMILES string of the molecule is Cc1cccc(Cn2cccc2CNS(=O)(=O)c2cccc(Cl)c2)c1. The van der Waals surface area contributed by atoms with E-state index in [0.717, 1.165) is 5.69 Å². The molecule has 0 saturated carbocycles. The third kappa shape index (κ3) is 4.51. The molecule has 0 amide bonds. The minimum Gasteiger partial charge on any atom is -0.346 e. The van der Waals surface area contributed by atoms with E-state index in [2.05, 4.69) is 29.8 Å². The normalized spacial score (nSPS) is 11.6. The van der Waals surface area contributed by atoms with Crippen molar-refractivity contribution in [3.05, 3.63) is 88.7 Å². The van der Waals surface area contributed by atoms with Crippen LogP contribution in [0.3, 0.4) is 0 Å². The number of aromatic nitrogens is 1. The summed E-state index contributed by atoms with van der Waals surface area (Å²) in [4.78, 5) is 0.164. The summed E-state index contributed by atoms with van der Waals surface area (Å²) in [5.41, 5.74) is 3.27. The Morgan fingerprint density at radius 2 is 1.84 bits per heavy atom. The molecule has 1 aromatic heterocycles. The number of hydrogen-bond donors (Lipinski definition) is 1. The minimum atomic E-state index is -3.60. The Morgan fingerprint density at radius 1 is 1.04 bits per heavy atom. The van der Waals surface area contributed by atoms with Crippen molar-refractivity contribution in [2.45, 2.75) is 24.9 Å². The van der Waals surface area contributed by atoms with E-state index in [4.69, 9.17) is 11.6 Å². The number of halogens is 1. The summed E-state index contributed by atoms with van der Waals surface area (Å²) in [6, 6.07) is 18.3. The van der Waals surface area contributed by atoms with Gasteiger partial charge < -0.3 is 4.57 Å². The topological polar surface area (TPSA) is 51.1 Å². The van der Waals surface area contributed by atoms with E-state index in [0.29, 0.717) is 11.6 Å². The van der Waals surface area contributed by atoms with Gasteiger partial charge in [-0.1, -0.05) is 47.5 Å². The standard InChI is InChI=1S/C19H19ClN2O2S/c1-15-5-2-6-16(11-15)14-22-10-4-8-18(22)13-21-25(23,24)19-9-3-7-17(20)12-19/h2-12,21H,13-14H2,1H3. The second-order valence-electron chi connectivity index (χ2n) is 5.90. The number of nitrogens with zero attached hydrogens (tertiary/aromatic N) is 1. The van der Waals surface area contributed by atoms with E-state index >= 15 is 0 Å². The molecule has 2 aromatic carbocycles. The highest BCUT2D eigenvalue weighted by Crippen LogP contribution is 2.16. The number of sulfonamides is 1. The lowest BCUT2D eigenvalue weighted by Crippen LogP contribution is -2.24. The van der Waals surface area contributed by atoms with Gasteiger partial charge in [0.15, 0.2) is 0 Å². The van der Waals surface area contributed by atoms with Gasteiger partial charge in [0, 0.05) is 23.5 Å². The van der Waals surface area contributed by atoms with E-state index in [9.17, 15) is 8.42 Å². The van der Waals surface area contributed by atoms with Crippen molar-refractivity contribution in [2.75, 3.05) is 0 Å². The molecule has 0 unspecified atom stereocenters. The van der Waals surface area contributed by atoms with Crippen LogP contribution in [-0.4, -0.2) is 13.0 Å². The average molecular weight is 375 g/mol. The Hall–Kier alpha value is -2.08. The fourth-order valence-electron chi connectivity index (χ4n) is 2.66. The highest BCUT2D eigenvalue weighted by atomic mass is 35.5. The van der Waals surface area contributed by atoms with Crippen molar-refractivity contribution in [3.8, 4) is 0 Å². The van der Waals surface area contributed by atoms with Gasteiger partial charge in [0.25, 0.3) is 0 Å². The van der Waals surface area contributed by atoms with E-state index in [1.165, 1.54) is 23.3 Å². The number of hydrogen-bond acceptors (Lipinski definition) is 2. The second kappa shape index (κ2) is 7.44. The Labute approximate surface area is 153 Å². The number of nitrogens with one attached hydrogen (secondary N) is 1. The molecule has 3 aromatic rings. The maximum atomic E-state index is 12.4. The van der Waals surface area contributed by atoms with Gasteiger partial charge in [0.2, 0.25) is 10.0 Å². The average Bonchev–Trinajstić information content (AvgIpc) is 3.00. The first kappa shape index (κ1) is 17.7. The monoisotopic (exact) mass is 374 g/mol. The van der Waals surface area contributed by atoms with E-state index in [1.807, 2.05) is 29.0 Å². The van der Waals surface area contributed by atoms with Crippen LogP contribution in [0, 0.1) is 6.92 Å². The Bertz CT molecular complexity index is 980. The molecule has 0 saturated heterocycles. The predicted octanol–water partition coefficient (Wildman–Crippen LogP) is 3.98. The molecule has 4 nitrogen and oxygen atoms in total. The lowest BCUT2D eigenvalue weighted by atomic mass is 10.1. The van der Waals surface area contributed by atoms with Crippen molar-refractivity contribution in [2.24, 2.45) is 0 Å². The van der Waals surface area contributed by atoms with Crippen molar-refractivity contribution in [1.29, 1.82) is 0 Å². The molecule has 0 fully saturated rings. The molecule has 0 atom stereocenters. The Kier molecular flexibility index (Phi) is 5.27. The first-order valence-corrected chi connectivity index (χ1v) is 9.75. The molecular formula is C19H19ClN2O2S. The first-order valence-electron chi connectivity index (χ1n) is 7.89. The number of rotatable bonds is 6. The van der Waals surface area contributed by atoms with Gasteiger partial charge in [-0.3, -0.25) is 0 Å². The maximum Gasteiger partial charge on any atom is 0.240 e. The molecule has 0 aliphatic heterocycles. The van der Waals surface area contributed by atoms with Crippen LogP contribution in [0.2, 0.25) is 5.02 Å². The van der Waals surface area contributed by atoms with Gasteiger partial charge in [-0.15, -0.1) is 0 Å². The quantitative estimate of drug-likeness (QED) is 0.709. The van der Waals surface area contributed by atoms with Crippen molar-refractivity contribution in [1.82, 2.24) is 9.29 Å². The van der Waals surface area contributed by atoms with Crippen molar-refractivity contribution in [3.63, 3.8) is 0 Å². The molecule has 25 heavy (non-hydrogen) atoms. The van der Waals surface area contributed by atoms with Gasteiger partial charge in [0.1, 0.15) is 0 Å². The van der Waals surface area contributed by atoms with Gasteiger partial charge in [0.05, 0.1) is 11.4 Å². The lowest BCUT2D eigenvalue weighted by molar-refractivity contribution is 0.578. The lowest BCUT2D eigenvalue weighted by Gasteiger charge is -2.11. The van der Waals surface area contributed by atoms with Crippen molar-refractivity contribution < 1.29 is 8.42 Å². The van der Waals surface area contributed by atoms with Crippen LogP contribution in [0.25, 0.3) is 0 Å². The smallest absolute Gasteiger partial charge is 0.240 e. The zero-order valence-corrected chi connectivity index (χ0v) is 15.4. The Balaban J connectivity index is 1.73. The van der Waals surface area contributed by atoms with Gasteiger partial charge in [-0.05, 0) is 42.8 Å². The third-order valence-corrected chi connectivity index (χ3v) is 5.54. The van der Waals surface area contributed by atoms with Crippen LogP contribution in [0.15, 0.2) is 71.8 Å². The van der Waals surface area contributed by atoms with E-state index in [1.54, 1.807) is 12.1 Å². The molecule has 0 aliphatic carbocycles. The second-order valence-corrected chi connectivity index (χ2v) is 8.10. The Morgan fingerprint density at radius 3 is 2.60 bits per heavy atom. The molecule has 0 radical (unpaired) electrons. The van der Waals surface area contributed by atoms with Crippen LogP contribution in [-0.2, 0) is 23.1 Å². The number of benzene rings is 2. The van der Waals surface area contributed by atoms with Gasteiger partial charge in [-0.2, -0.15) is 0 Å². The van der Waals surface area contributed by atoms with E-state index < -0.39 is 10.0 Å². The molecule has 0 spiro atoms. The van der Waals surface area contributed by atoms with Crippen molar-refractivity contribution >= 4 is 21.6 Å². The van der Waals surface area contributed by atoms with Crippen LogP contribution >= 0.6 is 11.6 Å². The summed E-state index contributed by atoms with van der Waals surface area (Å²) in [5.74, 6) is 0. The molecule has 130 valence electrons. The van der Waals surface area contributed by atoms with Crippen LogP contribution in [0.5, 0.6) is 0 Å². The fourth-order valence-corrected chi connectivity index (χ4v) is 3.96. The molecule has 1 heterocycles. The fraction of sp³-hybridized carbons (Fsp3) is 0.158. The molecule has 6 heteroatoms. The summed E-state index contributed by atoms with van der Waals surface area (Å²) in [6.45, 7) is 2.97. The molecular weight excluding hydrogens is 356 g/mol. The molecule has 1 N–H and O–H groups in total. The zero-order chi connectivity index (χ0) is 17.9. The summed E-state index contributed by atoms with van der Waals surface area (Å²) in [6.07, 6.45) is 1.95. The van der Waals surface area contributed by atoms with Crippen LogP contribution in [0.4, 0.5) is 0 Å². The summed E-state index contributed by atoms with van der Waals surface area (Å²) < 4.78 is 29.5. The zero-order valence-electron chi connectivity index (χ0n) is 13.8. The number of aryl methyl sites for hydroxylation is 1. The molecule has 3 rings (SSSR count). The predicted molar refractivity (Wildman–Crippen MR) is 100 cm³/mol. The highest BCUT2D eigenvalue weighted by molar-refractivity contribution is 7.89. The van der Waals surface area contributed by atoms with Gasteiger partial charge in [-0.25, -0.2) is 13.1 Å². The van der Waals surface area contributed by atoms with Crippen LogP contribution in [0.1, 0.15) is 16.8 Å². The van der Waals surface area contributed by atoms with E-state index in [-0.39, 0.29) is 11.4 Å². The summed E-state index contributed by atoms with van der Waals surface area (Å²) >= 11 is 5.88. The first-order chi connectivity index (χ1) is 11.9. The minimum absolute atomic E-state index is 0.164. The molecule has 0 aliphatic rings. The van der Waals surface area contributed by atoms with Gasteiger partial charge >= 0.3 is 0 Å². The third-order valence-electron chi connectivity index (χ3n) is 3.91. The van der Waals surface area contributed by atoms with Crippen LogP contribution < -0.4 is 4.72 Å².